The summed E-state index contributed by atoms with van der Waals surface area (Å²) >= 11 is 0. The number of hydrogen-bond acceptors (Lipinski definition) is 2. The van der Waals surface area contributed by atoms with Gasteiger partial charge in [-0.3, -0.25) is 0 Å². The van der Waals surface area contributed by atoms with E-state index in [0.29, 0.717) is 11.8 Å². The monoisotopic (exact) mass is 415 g/mol. The van der Waals surface area contributed by atoms with Crippen LogP contribution in [0.5, 0.6) is 0 Å². The standard InChI is InChI=1S/C15H22FNO.C10H14.C2H6/c1-12-6-8-17(10-14(12)11-18)9-7-13-2-4-15(16)5-3-13;1-3-6-10-8-5-4-7-9(10)2;1-2/h2-5,12,14,18H,6-11H2,1H3;4-5,7-8H,3,6H2,1-2H3;1-2H3/t12-,14-;;/m0../s1. The van der Waals surface area contributed by atoms with E-state index < -0.39 is 0 Å². The second-order valence-corrected chi connectivity index (χ2v) is 8.06. The molecule has 3 rings (SSSR count). The summed E-state index contributed by atoms with van der Waals surface area (Å²) in [5.41, 5.74) is 4.09. The summed E-state index contributed by atoms with van der Waals surface area (Å²) in [6, 6.07) is 15.3. The van der Waals surface area contributed by atoms with Gasteiger partial charge in [0.05, 0.1) is 0 Å². The zero-order valence-electron chi connectivity index (χ0n) is 19.7. The molecular formula is C27H42FNO. The molecule has 0 aliphatic carbocycles. The highest BCUT2D eigenvalue weighted by Gasteiger charge is 2.25. The lowest BCUT2D eigenvalue weighted by atomic mass is 9.87. The Bertz CT molecular complexity index is 686. The minimum absolute atomic E-state index is 0.175. The van der Waals surface area contributed by atoms with Crippen molar-refractivity contribution in [1.82, 2.24) is 4.90 Å². The number of piperidine rings is 1. The van der Waals surface area contributed by atoms with E-state index in [2.05, 4.69) is 49.9 Å². The lowest BCUT2D eigenvalue weighted by molar-refractivity contribution is 0.0808. The van der Waals surface area contributed by atoms with E-state index in [9.17, 15) is 9.50 Å². The van der Waals surface area contributed by atoms with Crippen LogP contribution in [0.15, 0.2) is 48.5 Å². The van der Waals surface area contributed by atoms with Crippen molar-refractivity contribution >= 4 is 0 Å². The molecule has 30 heavy (non-hydrogen) atoms. The number of aliphatic hydroxyl groups excluding tert-OH is 1. The fraction of sp³-hybridized carbons (Fsp3) is 0.556. The Balaban J connectivity index is 0.000000318. The molecule has 1 heterocycles. The maximum absolute atomic E-state index is 12.8. The normalized spacial score (nSPS) is 18.6. The molecule has 1 N–H and O–H groups in total. The molecule has 0 spiro atoms. The Morgan fingerprint density at radius 1 is 1.03 bits per heavy atom. The molecule has 3 heteroatoms. The molecule has 2 aromatic rings. The van der Waals surface area contributed by atoms with Crippen molar-refractivity contribution < 1.29 is 9.50 Å². The third-order valence-corrected chi connectivity index (χ3v) is 5.84. The van der Waals surface area contributed by atoms with Crippen molar-refractivity contribution in [2.24, 2.45) is 11.8 Å². The topological polar surface area (TPSA) is 23.5 Å². The van der Waals surface area contributed by atoms with Crippen LogP contribution in [0.25, 0.3) is 0 Å². The largest absolute Gasteiger partial charge is 0.396 e. The first-order chi connectivity index (χ1) is 14.5. The summed E-state index contributed by atoms with van der Waals surface area (Å²) in [5, 5.41) is 9.33. The van der Waals surface area contributed by atoms with Gasteiger partial charge in [0, 0.05) is 19.7 Å². The summed E-state index contributed by atoms with van der Waals surface area (Å²) in [5.74, 6) is 0.856. The van der Waals surface area contributed by atoms with E-state index in [0.717, 1.165) is 32.5 Å². The summed E-state index contributed by atoms with van der Waals surface area (Å²) < 4.78 is 12.8. The lowest BCUT2D eigenvalue weighted by Crippen LogP contribution is -2.41. The van der Waals surface area contributed by atoms with Crippen LogP contribution >= 0.6 is 0 Å². The molecule has 0 bridgehead atoms. The van der Waals surface area contributed by atoms with Gasteiger partial charge in [0.2, 0.25) is 0 Å². The Labute approximate surface area is 184 Å². The highest BCUT2D eigenvalue weighted by molar-refractivity contribution is 5.25. The van der Waals surface area contributed by atoms with Crippen LogP contribution in [0.4, 0.5) is 4.39 Å². The summed E-state index contributed by atoms with van der Waals surface area (Å²) in [7, 11) is 0. The van der Waals surface area contributed by atoms with Gasteiger partial charge < -0.3 is 10.0 Å². The van der Waals surface area contributed by atoms with Crippen molar-refractivity contribution in [2.75, 3.05) is 26.2 Å². The smallest absolute Gasteiger partial charge is 0.123 e. The van der Waals surface area contributed by atoms with Crippen molar-refractivity contribution in [3.8, 4) is 0 Å². The number of benzene rings is 2. The molecule has 0 saturated carbocycles. The van der Waals surface area contributed by atoms with E-state index in [-0.39, 0.29) is 12.4 Å². The van der Waals surface area contributed by atoms with Gasteiger partial charge in [-0.2, -0.15) is 0 Å². The van der Waals surface area contributed by atoms with Gasteiger partial charge in [0.1, 0.15) is 5.82 Å². The molecule has 2 aromatic carbocycles. The third kappa shape index (κ3) is 9.40. The predicted octanol–water partition coefficient (Wildman–Crippen LogP) is 6.29. The quantitative estimate of drug-likeness (QED) is 0.599. The fourth-order valence-corrected chi connectivity index (χ4v) is 3.76. The van der Waals surface area contributed by atoms with Crippen molar-refractivity contribution in [3.63, 3.8) is 0 Å². The Kier molecular flexibility index (Phi) is 13.3. The third-order valence-electron chi connectivity index (χ3n) is 5.84. The average Bonchev–Trinajstić information content (AvgIpc) is 2.78. The Hall–Kier alpha value is -1.71. The van der Waals surface area contributed by atoms with Crippen LogP contribution in [0, 0.1) is 24.6 Å². The highest BCUT2D eigenvalue weighted by Crippen LogP contribution is 2.22. The van der Waals surface area contributed by atoms with Crippen LogP contribution in [-0.4, -0.2) is 36.2 Å². The SMILES string of the molecule is CC.CCCc1ccccc1C.C[C@H]1CCN(CCc2ccc(F)cc2)C[C@H]1CO. The first-order valence-electron chi connectivity index (χ1n) is 11.7. The van der Waals surface area contributed by atoms with Crippen LogP contribution in [0.2, 0.25) is 0 Å². The molecule has 168 valence electrons. The molecule has 1 aliphatic rings. The molecule has 2 atom stereocenters. The second-order valence-electron chi connectivity index (χ2n) is 8.06. The minimum atomic E-state index is -0.175. The van der Waals surface area contributed by atoms with Gasteiger partial charge in [-0.05, 0) is 73.4 Å². The van der Waals surface area contributed by atoms with E-state index in [4.69, 9.17) is 0 Å². The molecule has 0 radical (unpaired) electrons. The van der Waals surface area contributed by atoms with E-state index in [1.54, 1.807) is 0 Å². The Morgan fingerprint density at radius 3 is 2.30 bits per heavy atom. The Morgan fingerprint density at radius 2 is 1.70 bits per heavy atom. The number of halogens is 1. The molecule has 1 saturated heterocycles. The van der Waals surface area contributed by atoms with Crippen molar-refractivity contribution in [2.45, 2.75) is 60.3 Å². The van der Waals surface area contributed by atoms with E-state index in [1.807, 2.05) is 26.0 Å². The second kappa shape index (κ2) is 15.1. The van der Waals surface area contributed by atoms with Crippen LogP contribution < -0.4 is 0 Å². The van der Waals surface area contributed by atoms with Gasteiger partial charge >= 0.3 is 0 Å². The molecule has 0 aromatic heterocycles. The highest BCUT2D eigenvalue weighted by atomic mass is 19.1. The maximum Gasteiger partial charge on any atom is 0.123 e. The van der Waals surface area contributed by atoms with E-state index in [1.165, 1.54) is 41.7 Å². The minimum Gasteiger partial charge on any atom is -0.396 e. The summed E-state index contributed by atoms with van der Waals surface area (Å²) in [6.07, 6.45) is 4.57. The number of aryl methyl sites for hydroxylation is 2. The van der Waals surface area contributed by atoms with Crippen LogP contribution in [-0.2, 0) is 12.8 Å². The van der Waals surface area contributed by atoms with Gasteiger partial charge in [0.25, 0.3) is 0 Å². The zero-order chi connectivity index (χ0) is 22.4. The van der Waals surface area contributed by atoms with Crippen LogP contribution in [0.1, 0.15) is 57.2 Å². The van der Waals surface area contributed by atoms with Gasteiger partial charge in [-0.25, -0.2) is 4.39 Å². The van der Waals surface area contributed by atoms with Crippen molar-refractivity contribution in [1.29, 1.82) is 0 Å². The first kappa shape index (κ1) is 26.3. The molecule has 0 amide bonds. The number of aliphatic hydroxyl groups is 1. The number of hydrogen-bond donors (Lipinski definition) is 1. The molecule has 1 fully saturated rings. The van der Waals surface area contributed by atoms with Crippen molar-refractivity contribution in [3.05, 3.63) is 71.0 Å². The summed E-state index contributed by atoms with van der Waals surface area (Å²) in [4.78, 5) is 2.41. The van der Waals surface area contributed by atoms with Crippen LogP contribution in [0.3, 0.4) is 0 Å². The maximum atomic E-state index is 12.8. The van der Waals surface area contributed by atoms with Gasteiger partial charge in [0.15, 0.2) is 0 Å². The number of likely N-dealkylation sites (tertiary alicyclic amines) is 1. The lowest BCUT2D eigenvalue weighted by Gasteiger charge is -2.36. The fourth-order valence-electron chi connectivity index (χ4n) is 3.76. The average molecular weight is 416 g/mol. The first-order valence-corrected chi connectivity index (χ1v) is 11.7. The van der Waals surface area contributed by atoms with Gasteiger partial charge in [-0.15, -0.1) is 0 Å². The molecule has 1 aliphatic heterocycles. The zero-order valence-corrected chi connectivity index (χ0v) is 19.7. The number of nitrogens with zero attached hydrogens (tertiary/aromatic N) is 1. The van der Waals surface area contributed by atoms with E-state index >= 15 is 0 Å². The molecular weight excluding hydrogens is 373 g/mol. The predicted molar refractivity (Wildman–Crippen MR) is 127 cm³/mol. The summed E-state index contributed by atoms with van der Waals surface area (Å²) in [6.45, 7) is 14.0. The molecule has 2 nitrogen and oxygen atoms in total. The number of rotatable bonds is 6. The molecule has 0 unspecified atom stereocenters. The van der Waals surface area contributed by atoms with Gasteiger partial charge in [-0.1, -0.05) is 70.5 Å².